The highest BCUT2D eigenvalue weighted by Gasteiger charge is 2.04. The van der Waals surface area contributed by atoms with Gasteiger partial charge in [0.25, 0.3) is 0 Å². The van der Waals surface area contributed by atoms with E-state index in [1.54, 1.807) is 0 Å². The van der Waals surface area contributed by atoms with Crippen LogP contribution in [0.25, 0.3) is 5.70 Å². The summed E-state index contributed by atoms with van der Waals surface area (Å²) in [4.78, 5) is 0. The molecule has 0 saturated carbocycles. The molecule has 0 aromatic heterocycles. The van der Waals surface area contributed by atoms with Gasteiger partial charge in [0.2, 0.25) is 0 Å². The number of para-hydroxylation sites is 1. The molecular formula is C17H19N. The first-order chi connectivity index (χ1) is 8.58. The highest BCUT2D eigenvalue weighted by Crippen LogP contribution is 2.23. The van der Waals surface area contributed by atoms with Crippen LogP contribution in [0.1, 0.15) is 22.3 Å². The topological polar surface area (TPSA) is 12.0 Å². The lowest BCUT2D eigenvalue weighted by molar-refractivity contribution is 1.35. The third-order valence-electron chi connectivity index (χ3n) is 3.15. The van der Waals surface area contributed by atoms with E-state index in [0.717, 1.165) is 11.4 Å². The van der Waals surface area contributed by atoms with Gasteiger partial charge in [-0.1, -0.05) is 42.5 Å². The van der Waals surface area contributed by atoms with Crippen LogP contribution in [0.5, 0.6) is 0 Å². The number of rotatable bonds is 3. The Morgan fingerprint density at radius 2 is 1.67 bits per heavy atom. The van der Waals surface area contributed by atoms with Crippen LogP contribution in [0.15, 0.2) is 49.0 Å². The van der Waals surface area contributed by atoms with Crippen molar-refractivity contribution in [2.45, 2.75) is 20.8 Å². The summed E-state index contributed by atoms with van der Waals surface area (Å²) < 4.78 is 0. The van der Waals surface area contributed by atoms with E-state index < -0.39 is 0 Å². The summed E-state index contributed by atoms with van der Waals surface area (Å²) in [6.45, 7) is 10.5. The quantitative estimate of drug-likeness (QED) is 0.816. The molecule has 0 atom stereocenters. The Balaban J connectivity index is 2.28. The summed E-state index contributed by atoms with van der Waals surface area (Å²) in [5.41, 5.74) is 6.96. The summed E-state index contributed by atoms with van der Waals surface area (Å²) in [5.74, 6) is 0. The second kappa shape index (κ2) is 5.09. The third-order valence-corrected chi connectivity index (χ3v) is 3.15. The van der Waals surface area contributed by atoms with Gasteiger partial charge in [0.1, 0.15) is 0 Å². The van der Waals surface area contributed by atoms with Gasteiger partial charge in [-0.15, -0.1) is 0 Å². The van der Waals surface area contributed by atoms with E-state index in [-0.39, 0.29) is 0 Å². The molecule has 2 rings (SSSR count). The average molecular weight is 237 g/mol. The van der Waals surface area contributed by atoms with E-state index in [1.165, 1.54) is 22.3 Å². The standard InChI is InChI=1S/C17H19N/c1-12-9-10-13(2)16(11-12)15(4)18-17-8-6-5-7-14(17)3/h5-11,18H,4H2,1-3H3. The van der Waals surface area contributed by atoms with Gasteiger partial charge in [-0.3, -0.25) is 0 Å². The molecule has 18 heavy (non-hydrogen) atoms. The van der Waals surface area contributed by atoms with Crippen molar-refractivity contribution in [1.82, 2.24) is 0 Å². The van der Waals surface area contributed by atoms with Crippen LogP contribution in [0.3, 0.4) is 0 Å². The monoisotopic (exact) mass is 237 g/mol. The lowest BCUT2D eigenvalue weighted by Crippen LogP contribution is -2.01. The fraction of sp³-hybridized carbons (Fsp3) is 0.176. The molecule has 2 aromatic carbocycles. The Bertz CT molecular complexity index is 582. The average Bonchev–Trinajstić information content (AvgIpc) is 2.35. The van der Waals surface area contributed by atoms with Crippen molar-refractivity contribution in [3.63, 3.8) is 0 Å². The third kappa shape index (κ3) is 2.62. The highest BCUT2D eigenvalue weighted by molar-refractivity contribution is 5.78. The van der Waals surface area contributed by atoms with Gasteiger partial charge in [0, 0.05) is 16.9 Å². The lowest BCUT2D eigenvalue weighted by atomic mass is 10.0. The summed E-state index contributed by atoms with van der Waals surface area (Å²) in [6.07, 6.45) is 0. The van der Waals surface area contributed by atoms with E-state index >= 15 is 0 Å². The molecule has 0 amide bonds. The fourth-order valence-corrected chi connectivity index (χ4v) is 2.00. The smallest absolute Gasteiger partial charge is 0.0413 e. The van der Waals surface area contributed by atoms with Gasteiger partial charge in [0.15, 0.2) is 0 Å². The van der Waals surface area contributed by atoms with E-state index in [0.29, 0.717) is 0 Å². The molecule has 1 nitrogen and oxygen atoms in total. The fourth-order valence-electron chi connectivity index (χ4n) is 2.00. The molecule has 92 valence electrons. The normalized spacial score (nSPS) is 10.2. The SMILES string of the molecule is C=C(Nc1ccccc1C)c1cc(C)ccc1C. The first-order valence-electron chi connectivity index (χ1n) is 6.17. The number of anilines is 1. The minimum Gasteiger partial charge on any atom is -0.355 e. The molecule has 0 aliphatic carbocycles. The summed E-state index contributed by atoms with van der Waals surface area (Å²) >= 11 is 0. The molecular weight excluding hydrogens is 218 g/mol. The largest absolute Gasteiger partial charge is 0.355 e. The van der Waals surface area contributed by atoms with E-state index in [1.807, 2.05) is 12.1 Å². The van der Waals surface area contributed by atoms with Gasteiger partial charge in [-0.05, 0) is 44.0 Å². The van der Waals surface area contributed by atoms with Crippen LogP contribution in [0.2, 0.25) is 0 Å². The maximum absolute atomic E-state index is 4.15. The minimum atomic E-state index is 0.950. The number of aryl methyl sites for hydroxylation is 3. The molecule has 0 radical (unpaired) electrons. The van der Waals surface area contributed by atoms with Gasteiger partial charge >= 0.3 is 0 Å². The highest BCUT2D eigenvalue weighted by atomic mass is 14.9. The van der Waals surface area contributed by atoms with Crippen molar-refractivity contribution >= 4 is 11.4 Å². The van der Waals surface area contributed by atoms with Gasteiger partial charge in [0.05, 0.1) is 0 Å². The predicted octanol–water partition coefficient (Wildman–Crippen LogP) is 4.69. The molecule has 0 aliphatic rings. The van der Waals surface area contributed by atoms with Crippen LogP contribution in [-0.4, -0.2) is 0 Å². The van der Waals surface area contributed by atoms with Gasteiger partial charge in [-0.2, -0.15) is 0 Å². The van der Waals surface area contributed by atoms with Crippen molar-refractivity contribution < 1.29 is 0 Å². The number of nitrogens with one attached hydrogen (secondary N) is 1. The molecule has 1 heteroatoms. The lowest BCUT2D eigenvalue weighted by Gasteiger charge is -2.14. The van der Waals surface area contributed by atoms with E-state index in [9.17, 15) is 0 Å². The number of benzene rings is 2. The molecule has 0 aliphatic heterocycles. The van der Waals surface area contributed by atoms with Crippen molar-refractivity contribution in [3.05, 3.63) is 71.3 Å². The Kier molecular flexibility index (Phi) is 3.52. The predicted molar refractivity (Wildman–Crippen MR) is 79.8 cm³/mol. The van der Waals surface area contributed by atoms with Crippen molar-refractivity contribution in [2.24, 2.45) is 0 Å². The zero-order valence-electron chi connectivity index (χ0n) is 11.2. The Labute approximate surface area is 109 Å². The summed E-state index contributed by atoms with van der Waals surface area (Å²) in [6, 6.07) is 14.7. The molecule has 0 bridgehead atoms. The van der Waals surface area contributed by atoms with Crippen molar-refractivity contribution in [1.29, 1.82) is 0 Å². The van der Waals surface area contributed by atoms with Crippen molar-refractivity contribution in [2.75, 3.05) is 5.32 Å². The zero-order chi connectivity index (χ0) is 13.1. The van der Waals surface area contributed by atoms with E-state index in [2.05, 4.69) is 63.0 Å². The minimum absolute atomic E-state index is 0.950. The molecule has 2 aromatic rings. The molecule has 1 N–H and O–H groups in total. The second-order valence-electron chi connectivity index (χ2n) is 4.74. The van der Waals surface area contributed by atoms with Crippen LogP contribution in [-0.2, 0) is 0 Å². The van der Waals surface area contributed by atoms with Gasteiger partial charge < -0.3 is 5.32 Å². The zero-order valence-corrected chi connectivity index (χ0v) is 11.2. The maximum Gasteiger partial charge on any atom is 0.0413 e. The first kappa shape index (κ1) is 12.4. The summed E-state index contributed by atoms with van der Waals surface area (Å²) in [5, 5.41) is 3.40. The van der Waals surface area contributed by atoms with Crippen molar-refractivity contribution in [3.8, 4) is 0 Å². The maximum atomic E-state index is 4.15. The summed E-state index contributed by atoms with van der Waals surface area (Å²) in [7, 11) is 0. The van der Waals surface area contributed by atoms with Gasteiger partial charge in [-0.25, -0.2) is 0 Å². The van der Waals surface area contributed by atoms with Crippen LogP contribution < -0.4 is 5.32 Å². The molecule has 0 saturated heterocycles. The molecule has 0 fully saturated rings. The molecule has 0 heterocycles. The second-order valence-corrected chi connectivity index (χ2v) is 4.74. The number of hydrogen-bond donors (Lipinski definition) is 1. The Morgan fingerprint density at radius 1 is 0.944 bits per heavy atom. The van der Waals surface area contributed by atoms with Crippen LogP contribution in [0.4, 0.5) is 5.69 Å². The van der Waals surface area contributed by atoms with Crippen LogP contribution in [0, 0.1) is 20.8 Å². The molecule has 0 unspecified atom stereocenters. The molecule has 0 spiro atoms. The van der Waals surface area contributed by atoms with Crippen LogP contribution >= 0.6 is 0 Å². The Morgan fingerprint density at radius 3 is 2.39 bits per heavy atom. The first-order valence-corrected chi connectivity index (χ1v) is 6.17. The van der Waals surface area contributed by atoms with E-state index in [4.69, 9.17) is 0 Å². The Hall–Kier alpha value is -2.02. The number of hydrogen-bond acceptors (Lipinski definition) is 1.